The highest BCUT2D eigenvalue weighted by molar-refractivity contribution is 5.93. The molecular weight excluding hydrogens is 212 g/mol. The molecule has 0 saturated carbocycles. The smallest absolute Gasteiger partial charge is 0.227 e. The second-order valence-corrected chi connectivity index (χ2v) is 4.88. The van der Waals surface area contributed by atoms with Crippen LogP contribution in [0, 0.1) is 12.8 Å². The summed E-state index contributed by atoms with van der Waals surface area (Å²) in [6.45, 7) is 4.06. The van der Waals surface area contributed by atoms with E-state index in [4.69, 9.17) is 0 Å². The van der Waals surface area contributed by atoms with Crippen LogP contribution in [-0.4, -0.2) is 30.9 Å². The molecule has 0 aromatic heterocycles. The zero-order valence-electron chi connectivity index (χ0n) is 10.6. The number of carbonyl (C=O) groups excluding carboxylic acids is 1. The number of hydrogen-bond acceptors (Lipinski definition) is 2. The SMILES string of the molecule is Cc1ccccc1NC(=O)C1CCN(C)CC1. The summed E-state index contributed by atoms with van der Waals surface area (Å²) in [6, 6.07) is 7.92. The first-order valence-corrected chi connectivity index (χ1v) is 6.22. The van der Waals surface area contributed by atoms with E-state index in [-0.39, 0.29) is 11.8 Å². The minimum atomic E-state index is 0.172. The molecule has 0 radical (unpaired) electrons. The Morgan fingerprint density at radius 3 is 2.59 bits per heavy atom. The van der Waals surface area contributed by atoms with Crippen molar-refractivity contribution in [2.45, 2.75) is 19.8 Å². The highest BCUT2D eigenvalue weighted by Gasteiger charge is 2.23. The van der Waals surface area contributed by atoms with Crippen molar-refractivity contribution in [1.82, 2.24) is 4.90 Å². The molecule has 1 fully saturated rings. The Bertz CT molecular complexity index is 395. The van der Waals surface area contributed by atoms with E-state index in [0.29, 0.717) is 0 Å². The van der Waals surface area contributed by atoms with Crippen LogP contribution in [0.4, 0.5) is 5.69 Å². The van der Waals surface area contributed by atoms with Crippen LogP contribution < -0.4 is 5.32 Å². The van der Waals surface area contributed by atoms with Gasteiger partial charge in [0, 0.05) is 11.6 Å². The molecule has 1 aliphatic rings. The first-order valence-electron chi connectivity index (χ1n) is 6.22. The summed E-state index contributed by atoms with van der Waals surface area (Å²) in [4.78, 5) is 14.4. The third kappa shape index (κ3) is 3.07. The quantitative estimate of drug-likeness (QED) is 0.848. The van der Waals surface area contributed by atoms with Gasteiger partial charge in [-0.3, -0.25) is 4.79 Å². The number of benzene rings is 1. The highest BCUT2D eigenvalue weighted by Crippen LogP contribution is 2.20. The molecular formula is C14H20N2O. The molecule has 1 aromatic carbocycles. The monoisotopic (exact) mass is 232 g/mol. The van der Waals surface area contributed by atoms with Gasteiger partial charge in [-0.15, -0.1) is 0 Å². The number of nitrogens with zero attached hydrogens (tertiary/aromatic N) is 1. The molecule has 1 aromatic rings. The summed E-state index contributed by atoms with van der Waals surface area (Å²) in [5.74, 6) is 0.346. The van der Waals surface area contributed by atoms with Crippen LogP contribution in [0.15, 0.2) is 24.3 Å². The van der Waals surface area contributed by atoms with Gasteiger partial charge in [0.25, 0.3) is 0 Å². The molecule has 3 nitrogen and oxygen atoms in total. The number of hydrogen-bond donors (Lipinski definition) is 1. The normalized spacial score (nSPS) is 18.0. The maximum atomic E-state index is 12.1. The van der Waals surface area contributed by atoms with Gasteiger partial charge in [0.2, 0.25) is 5.91 Å². The molecule has 0 unspecified atom stereocenters. The second kappa shape index (κ2) is 5.32. The molecule has 1 N–H and O–H groups in total. The molecule has 1 saturated heterocycles. The largest absolute Gasteiger partial charge is 0.326 e. The van der Waals surface area contributed by atoms with Gasteiger partial charge in [0.15, 0.2) is 0 Å². The number of rotatable bonds is 2. The predicted molar refractivity (Wildman–Crippen MR) is 70.0 cm³/mol. The minimum absolute atomic E-state index is 0.172. The predicted octanol–water partition coefficient (Wildman–Crippen LogP) is 2.28. The lowest BCUT2D eigenvalue weighted by atomic mass is 9.96. The van der Waals surface area contributed by atoms with Crippen LogP contribution in [0.5, 0.6) is 0 Å². The molecule has 0 atom stereocenters. The lowest BCUT2D eigenvalue weighted by Gasteiger charge is -2.28. The lowest BCUT2D eigenvalue weighted by Crippen LogP contribution is -2.36. The van der Waals surface area contributed by atoms with E-state index in [2.05, 4.69) is 17.3 Å². The minimum Gasteiger partial charge on any atom is -0.326 e. The first-order chi connectivity index (χ1) is 8.16. The van der Waals surface area contributed by atoms with Crippen LogP contribution in [0.2, 0.25) is 0 Å². The summed E-state index contributed by atoms with van der Waals surface area (Å²) in [6.07, 6.45) is 1.93. The molecule has 17 heavy (non-hydrogen) atoms. The van der Waals surface area contributed by atoms with E-state index in [0.717, 1.165) is 37.2 Å². The van der Waals surface area contributed by atoms with Crippen molar-refractivity contribution in [1.29, 1.82) is 0 Å². The number of para-hydroxylation sites is 1. The van der Waals surface area contributed by atoms with E-state index in [1.165, 1.54) is 0 Å². The Labute approximate surface area is 103 Å². The van der Waals surface area contributed by atoms with Gasteiger partial charge < -0.3 is 10.2 Å². The molecule has 92 valence electrons. The summed E-state index contributed by atoms with van der Waals surface area (Å²) in [5, 5.41) is 3.04. The summed E-state index contributed by atoms with van der Waals surface area (Å²) < 4.78 is 0. The fourth-order valence-electron chi connectivity index (χ4n) is 2.22. The van der Waals surface area contributed by atoms with Crippen LogP contribution in [0.3, 0.4) is 0 Å². The third-order valence-electron chi connectivity index (χ3n) is 3.49. The van der Waals surface area contributed by atoms with Gasteiger partial charge in [-0.1, -0.05) is 18.2 Å². The highest BCUT2D eigenvalue weighted by atomic mass is 16.1. The van der Waals surface area contributed by atoms with Crippen molar-refractivity contribution in [2.75, 3.05) is 25.5 Å². The van der Waals surface area contributed by atoms with Crippen LogP contribution in [0.25, 0.3) is 0 Å². The van der Waals surface area contributed by atoms with E-state index in [9.17, 15) is 4.79 Å². The van der Waals surface area contributed by atoms with Crippen molar-refractivity contribution < 1.29 is 4.79 Å². The molecule has 1 aliphatic heterocycles. The van der Waals surface area contributed by atoms with E-state index < -0.39 is 0 Å². The molecule has 0 aliphatic carbocycles. The standard InChI is InChI=1S/C14H20N2O/c1-11-5-3-4-6-13(11)15-14(17)12-7-9-16(2)10-8-12/h3-6,12H,7-10H2,1-2H3,(H,15,17). The summed E-state index contributed by atoms with van der Waals surface area (Å²) in [7, 11) is 2.11. The summed E-state index contributed by atoms with van der Waals surface area (Å²) in [5.41, 5.74) is 2.06. The first kappa shape index (κ1) is 12.1. The van der Waals surface area contributed by atoms with Crippen molar-refractivity contribution >= 4 is 11.6 Å². The number of piperidine rings is 1. The maximum Gasteiger partial charge on any atom is 0.227 e. The van der Waals surface area contributed by atoms with Crippen molar-refractivity contribution in [3.05, 3.63) is 29.8 Å². The topological polar surface area (TPSA) is 32.3 Å². The number of carbonyl (C=O) groups is 1. The van der Waals surface area contributed by atoms with E-state index in [1.54, 1.807) is 0 Å². The average molecular weight is 232 g/mol. The zero-order chi connectivity index (χ0) is 12.3. The maximum absolute atomic E-state index is 12.1. The molecule has 1 heterocycles. The van der Waals surface area contributed by atoms with Crippen molar-refractivity contribution in [3.8, 4) is 0 Å². The number of aryl methyl sites for hydroxylation is 1. The van der Waals surface area contributed by atoms with Gasteiger partial charge in [0.05, 0.1) is 0 Å². The van der Waals surface area contributed by atoms with Crippen molar-refractivity contribution in [2.24, 2.45) is 5.92 Å². The fourth-order valence-corrected chi connectivity index (χ4v) is 2.22. The second-order valence-electron chi connectivity index (χ2n) is 4.88. The van der Waals surface area contributed by atoms with E-state index >= 15 is 0 Å². The Morgan fingerprint density at radius 1 is 1.29 bits per heavy atom. The molecule has 0 bridgehead atoms. The number of likely N-dealkylation sites (tertiary alicyclic amines) is 1. The van der Waals surface area contributed by atoms with Crippen LogP contribution in [-0.2, 0) is 4.79 Å². The van der Waals surface area contributed by atoms with Gasteiger partial charge in [-0.05, 0) is 51.5 Å². The fraction of sp³-hybridized carbons (Fsp3) is 0.500. The average Bonchev–Trinajstić information content (AvgIpc) is 2.33. The lowest BCUT2D eigenvalue weighted by molar-refractivity contribution is -0.121. The molecule has 0 spiro atoms. The van der Waals surface area contributed by atoms with Crippen LogP contribution in [0.1, 0.15) is 18.4 Å². The Hall–Kier alpha value is -1.35. The van der Waals surface area contributed by atoms with Crippen LogP contribution >= 0.6 is 0 Å². The number of anilines is 1. The molecule has 3 heteroatoms. The van der Waals surface area contributed by atoms with Gasteiger partial charge in [-0.2, -0.15) is 0 Å². The number of amides is 1. The third-order valence-corrected chi connectivity index (χ3v) is 3.49. The van der Waals surface area contributed by atoms with E-state index in [1.807, 2.05) is 31.2 Å². The zero-order valence-corrected chi connectivity index (χ0v) is 10.6. The molecule has 2 rings (SSSR count). The number of nitrogens with one attached hydrogen (secondary N) is 1. The van der Waals surface area contributed by atoms with Gasteiger partial charge in [-0.25, -0.2) is 0 Å². The summed E-state index contributed by atoms with van der Waals surface area (Å²) >= 11 is 0. The molecule has 1 amide bonds. The Morgan fingerprint density at radius 2 is 1.94 bits per heavy atom. The Balaban J connectivity index is 1.95. The van der Waals surface area contributed by atoms with Gasteiger partial charge in [0.1, 0.15) is 0 Å². The van der Waals surface area contributed by atoms with Gasteiger partial charge >= 0.3 is 0 Å². The van der Waals surface area contributed by atoms with Crippen molar-refractivity contribution in [3.63, 3.8) is 0 Å². The Kier molecular flexibility index (Phi) is 3.79.